The number of benzene rings is 2. The van der Waals surface area contributed by atoms with Gasteiger partial charge in [0.05, 0.1) is 5.70 Å². The number of amides is 1. The highest BCUT2D eigenvalue weighted by Gasteiger charge is 2.35. The Balaban J connectivity index is 1.97. The molecule has 4 rings (SSSR count). The quantitative estimate of drug-likeness (QED) is 0.746. The van der Waals surface area contributed by atoms with E-state index in [4.69, 9.17) is 0 Å². The molecule has 0 bridgehead atoms. The summed E-state index contributed by atoms with van der Waals surface area (Å²) in [5, 5.41) is 0. The maximum Gasteiger partial charge on any atom is 0.258 e. The van der Waals surface area contributed by atoms with Crippen molar-refractivity contribution in [3.8, 4) is 0 Å². The van der Waals surface area contributed by atoms with Gasteiger partial charge in [-0.3, -0.25) is 9.59 Å². The Hall–Kier alpha value is -2.68. The molecule has 2 aliphatic heterocycles. The van der Waals surface area contributed by atoms with E-state index in [1.165, 1.54) is 0 Å². The van der Waals surface area contributed by atoms with E-state index in [1.807, 2.05) is 55.5 Å². The van der Waals surface area contributed by atoms with Gasteiger partial charge in [-0.15, -0.1) is 0 Å². The SMILES string of the molecule is C/C1=C2\c3ccccc3C(=O)N2CCc2ccccc2C1=O. The number of allylic oxidation sites excluding steroid dienone is 1. The fraction of sp³-hybridized carbons (Fsp3) is 0.158. The van der Waals surface area contributed by atoms with Gasteiger partial charge in [0.1, 0.15) is 0 Å². The number of hydrogen-bond donors (Lipinski definition) is 0. The van der Waals surface area contributed by atoms with E-state index in [9.17, 15) is 9.59 Å². The number of ketones is 1. The Bertz CT molecular complexity index is 848. The first kappa shape index (κ1) is 13.0. The summed E-state index contributed by atoms with van der Waals surface area (Å²) < 4.78 is 0. The third-order valence-electron chi connectivity index (χ3n) is 4.49. The second kappa shape index (κ2) is 4.67. The Kier molecular flexibility index (Phi) is 2.76. The molecule has 0 spiro atoms. The number of carbonyl (C=O) groups excluding carboxylic acids is 2. The highest BCUT2D eigenvalue weighted by molar-refractivity contribution is 6.19. The summed E-state index contributed by atoms with van der Waals surface area (Å²) in [7, 11) is 0. The zero-order valence-electron chi connectivity index (χ0n) is 12.3. The average molecular weight is 289 g/mol. The highest BCUT2D eigenvalue weighted by Crippen LogP contribution is 2.37. The zero-order valence-corrected chi connectivity index (χ0v) is 12.3. The second-order valence-corrected chi connectivity index (χ2v) is 5.71. The lowest BCUT2D eigenvalue weighted by molar-refractivity contribution is 0.0850. The van der Waals surface area contributed by atoms with E-state index in [0.29, 0.717) is 24.1 Å². The zero-order chi connectivity index (χ0) is 15.3. The van der Waals surface area contributed by atoms with E-state index >= 15 is 0 Å². The molecule has 3 heteroatoms. The first-order valence-electron chi connectivity index (χ1n) is 7.43. The van der Waals surface area contributed by atoms with Crippen molar-refractivity contribution in [3.63, 3.8) is 0 Å². The van der Waals surface area contributed by atoms with Gasteiger partial charge in [-0.25, -0.2) is 0 Å². The fourth-order valence-corrected chi connectivity index (χ4v) is 3.39. The van der Waals surface area contributed by atoms with Crippen molar-refractivity contribution in [2.45, 2.75) is 13.3 Å². The smallest absolute Gasteiger partial charge is 0.258 e. The normalized spacial score (nSPS) is 20.1. The van der Waals surface area contributed by atoms with Crippen LogP contribution in [0.3, 0.4) is 0 Å². The van der Waals surface area contributed by atoms with Crippen LogP contribution in [0.2, 0.25) is 0 Å². The van der Waals surface area contributed by atoms with Gasteiger partial charge in [0.15, 0.2) is 5.78 Å². The van der Waals surface area contributed by atoms with Crippen molar-refractivity contribution in [1.29, 1.82) is 0 Å². The number of nitrogens with zero attached hydrogens (tertiary/aromatic N) is 1. The van der Waals surface area contributed by atoms with Crippen molar-refractivity contribution >= 4 is 17.4 Å². The Morgan fingerprint density at radius 3 is 2.27 bits per heavy atom. The highest BCUT2D eigenvalue weighted by atomic mass is 16.2. The lowest BCUT2D eigenvalue weighted by Gasteiger charge is -2.24. The topological polar surface area (TPSA) is 37.4 Å². The molecule has 0 unspecified atom stereocenters. The van der Waals surface area contributed by atoms with Crippen LogP contribution >= 0.6 is 0 Å². The Morgan fingerprint density at radius 2 is 1.50 bits per heavy atom. The van der Waals surface area contributed by atoms with Gasteiger partial charge in [0, 0.05) is 28.8 Å². The maximum atomic E-state index is 12.9. The van der Waals surface area contributed by atoms with Gasteiger partial charge in [-0.05, 0) is 25.0 Å². The largest absolute Gasteiger partial charge is 0.307 e. The summed E-state index contributed by atoms with van der Waals surface area (Å²) in [5.74, 6) is 0.0111. The van der Waals surface area contributed by atoms with Crippen molar-refractivity contribution in [3.05, 3.63) is 76.4 Å². The third-order valence-corrected chi connectivity index (χ3v) is 4.49. The number of carbonyl (C=O) groups is 2. The van der Waals surface area contributed by atoms with Gasteiger partial charge in [0.2, 0.25) is 0 Å². The molecule has 2 aromatic carbocycles. The minimum absolute atomic E-state index is 0.00266. The molecule has 22 heavy (non-hydrogen) atoms. The Morgan fingerprint density at radius 1 is 0.864 bits per heavy atom. The first-order chi connectivity index (χ1) is 10.7. The van der Waals surface area contributed by atoms with Crippen molar-refractivity contribution in [1.82, 2.24) is 4.90 Å². The summed E-state index contributed by atoms with van der Waals surface area (Å²) in [6.45, 7) is 2.42. The number of Topliss-reactive ketones (excluding diaryl/α,β-unsaturated/α-hetero) is 1. The second-order valence-electron chi connectivity index (χ2n) is 5.71. The van der Waals surface area contributed by atoms with E-state index in [1.54, 1.807) is 4.90 Å². The molecule has 0 aromatic heterocycles. The molecule has 0 atom stereocenters. The monoisotopic (exact) mass is 289 g/mol. The molecule has 1 amide bonds. The number of hydrogen-bond acceptors (Lipinski definition) is 2. The molecule has 0 N–H and O–H groups in total. The summed E-state index contributed by atoms with van der Waals surface area (Å²) in [6, 6.07) is 15.2. The molecule has 0 radical (unpaired) electrons. The van der Waals surface area contributed by atoms with Crippen LogP contribution in [0.15, 0.2) is 54.1 Å². The Labute approximate surface area is 128 Å². The lowest BCUT2D eigenvalue weighted by atomic mass is 9.93. The van der Waals surface area contributed by atoms with Gasteiger partial charge in [-0.2, -0.15) is 0 Å². The van der Waals surface area contributed by atoms with Crippen LogP contribution in [0.4, 0.5) is 0 Å². The van der Waals surface area contributed by atoms with Crippen LogP contribution in [-0.2, 0) is 6.42 Å². The molecule has 2 heterocycles. The molecule has 0 fully saturated rings. The minimum Gasteiger partial charge on any atom is -0.307 e. The average Bonchev–Trinajstić information content (AvgIpc) is 2.83. The van der Waals surface area contributed by atoms with Gasteiger partial charge < -0.3 is 4.90 Å². The van der Waals surface area contributed by atoms with Crippen LogP contribution in [0.25, 0.3) is 5.70 Å². The van der Waals surface area contributed by atoms with Crippen LogP contribution < -0.4 is 0 Å². The van der Waals surface area contributed by atoms with E-state index < -0.39 is 0 Å². The molecular formula is C19H15NO2. The molecule has 2 aromatic rings. The summed E-state index contributed by atoms with van der Waals surface area (Å²) in [5.41, 5.74) is 4.75. The van der Waals surface area contributed by atoms with Crippen molar-refractivity contribution in [2.75, 3.05) is 6.54 Å². The molecular weight excluding hydrogens is 274 g/mol. The summed E-state index contributed by atoms with van der Waals surface area (Å²) >= 11 is 0. The van der Waals surface area contributed by atoms with Crippen molar-refractivity contribution < 1.29 is 9.59 Å². The number of fused-ring (bicyclic) bond motifs is 4. The van der Waals surface area contributed by atoms with Crippen LogP contribution in [0, 0.1) is 0 Å². The first-order valence-corrected chi connectivity index (χ1v) is 7.43. The van der Waals surface area contributed by atoms with Crippen LogP contribution in [0.5, 0.6) is 0 Å². The van der Waals surface area contributed by atoms with E-state index in [-0.39, 0.29) is 11.7 Å². The van der Waals surface area contributed by atoms with Gasteiger partial charge >= 0.3 is 0 Å². The summed E-state index contributed by atoms with van der Waals surface area (Å²) in [4.78, 5) is 27.3. The van der Waals surface area contributed by atoms with Crippen molar-refractivity contribution in [2.24, 2.45) is 0 Å². The predicted molar refractivity (Wildman–Crippen MR) is 84.5 cm³/mol. The molecule has 0 aliphatic carbocycles. The van der Waals surface area contributed by atoms with Gasteiger partial charge in [-0.1, -0.05) is 42.5 Å². The van der Waals surface area contributed by atoms with E-state index in [2.05, 4.69) is 0 Å². The van der Waals surface area contributed by atoms with Crippen LogP contribution in [0.1, 0.15) is 38.8 Å². The molecule has 3 nitrogen and oxygen atoms in total. The van der Waals surface area contributed by atoms with Gasteiger partial charge in [0.25, 0.3) is 5.91 Å². The number of rotatable bonds is 0. The predicted octanol–water partition coefficient (Wildman–Crippen LogP) is 3.31. The molecule has 0 saturated heterocycles. The molecule has 0 saturated carbocycles. The summed E-state index contributed by atoms with van der Waals surface area (Å²) in [6.07, 6.45) is 0.693. The van der Waals surface area contributed by atoms with E-state index in [0.717, 1.165) is 22.4 Å². The third kappa shape index (κ3) is 1.69. The standard InChI is InChI=1S/C19H15NO2/c1-12-17-15-8-4-5-9-16(15)19(22)20(17)11-10-13-6-2-3-7-14(13)18(12)21/h2-9H,10-11H2,1H3/b17-12-. The molecule has 2 aliphatic rings. The maximum absolute atomic E-state index is 12.9. The fourth-order valence-electron chi connectivity index (χ4n) is 3.39. The molecule has 108 valence electrons. The lowest BCUT2D eigenvalue weighted by Crippen LogP contribution is -2.29. The minimum atomic E-state index is -0.00266. The van der Waals surface area contributed by atoms with Crippen LogP contribution in [-0.4, -0.2) is 23.1 Å².